The summed E-state index contributed by atoms with van der Waals surface area (Å²) in [5.74, 6) is 0.0443. The van der Waals surface area contributed by atoms with E-state index in [1.165, 1.54) is 13.3 Å². The van der Waals surface area contributed by atoms with Gasteiger partial charge in [-0.1, -0.05) is 0 Å². The zero-order valence-electron chi connectivity index (χ0n) is 14.2. The Balaban J connectivity index is 2.40. The minimum atomic E-state index is -4.91. The van der Waals surface area contributed by atoms with Crippen molar-refractivity contribution in [2.45, 2.75) is 31.5 Å². The van der Waals surface area contributed by atoms with Crippen LogP contribution in [0.5, 0.6) is 0 Å². The van der Waals surface area contributed by atoms with E-state index >= 15 is 0 Å². The number of phosphoric ester groups is 1. The summed E-state index contributed by atoms with van der Waals surface area (Å²) in [6, 6.07) is 0. The highest BCUT2D eigenvalue weighted by Gasteiger charge is 2.50. The van der Waals surface area contributed by atoms with Crippen LogP contribution in [0, 0.1) is 6.92 Å². The number of phosphoric acid groups is 1. The Kier molecular flexibility index (Phi) is 6.88. The fraction of sp³-hybridized carbons (Fsp3) is 0.692. The molecule has 1 aromatic heterocycles. The lowest BCUT2D eigenvalue weighted by Crippen LogP contribution is -2.40. The highest BCUT2D eigenvalue weighted by Crippen LogP contribution is 2.44. The molecule has 0 aromatic carbocycles. The predicted octanol–water partition coefficient (Wildman–Crippen LogP) is -1.47. The summed E-state index contributed by atoms with van der Waals surface area (Å²) in [6.07, 6.45) is -3.33. The summed E-state index contributed by atoms with van der Waals surface area (Å²) < 4.78 is 33.1. The molecule has 0 bridgehead atoms. The van der Waals surface area contributed by atoms with Crippen molar-refractivity contribution in [3.05, 3.63) is 22.2 Å². The van der Waals surface area contributed by atoms with Crippen molar-refractivity contribution >= 4 is 13.6 Å². The summed E-state index contributed by atoms with van der Waals surface area (Å²) in [4.78, 5) is 34.2. The molecule has 1 aromatic rings. The number of ether oxygens (including phenoxy) is 3. The summed E-state index contributed by atoms with van der Waals surface area (Å²) in [5.41, 5.74) is 5.35. The van der Waals surface area contributed by atoms with Gasteiger partial charge in [0.15, 0.2) is 6.23 Å². The van der Waals surface area contributed by atoms with Crippen LogP contribution in [0.15, 0.2) is 11.0 Å². The molecule has 0 radical (unpaired) electrons. The van der Waals surface area contributed by atoms with E-state index in [-0.39, 0.29) is 19.0 Å². The molecule has 1 aliphatic rings. The van der Waals surface area contributed by atoms with E-state index in [0.29, 0.717) is 5.56 Å². The van der Waals surface area contributed by atoms with Gasteiger partial charge in [0.25, 0.3) is 0 Å². The predicted molar refractivity (Wildman–Crippen MR) is 87.2 cm³/mol. The number of aromatic nitrogens is 2. The van der Waals surface area contributed by atoms with Gasteiger partial charge in [0.05, 0.1) is 19.8 Å². The third kappa shape index (κ3) is 4.87. The summed E-state index contributed by atoms with van der Waals surface area (Å²) in [5, 5.41) is 9.49. The molecule has 5 N–H and O–H groups in total. The molecule has 12 nitrogen and oxygen atoms in total. The maximum atomic E-state index is 12.2. The van der Waals surface area contributed by atoms with Gasteiger partial charge in [0.1, 0.15) is 24.1 Å². The van der Waals surface area contributed by atoms with Crippen molar-refractivity contribution in [2.24, 2.45) is 0 Å². The Hall–Kier alpha value is -1.37. The van der Waals surface area contributed by atoms with E-state index < -0.39 is 44.7 Å². The molecule has 2 rings (SSSR count). The van der Waals surface area contributed by atoms with Crippen LogP contribution in [0.2, 0.25) is 0 Å². The van der Waals surface area contributed by atoms with Gasteiger partial charge in [-0.2, -0.15) is 4.98 Å². The average Bonchev–Trinajstić information content (AvgIpc) is 2.87. The van der Waals surface area contributed by atoms with E-state index in [4.69, 9.17) is 34.3 Å². The number of aryl methyl sites for hydroxylation is 1. The van der Waals surface area contributed by atoms with Gasteiger partial charge >= 0.3 is 13.5 Å². The molecule has 0 unspecified atom stereocenters. The molecule has 1 aliphatic heterocycles. The third-order valence-electron chi connectivity index (χ3n) is 3.77. The summed E-state index contributed by atoms with van der Waals surface area (Å²) in [6.45, 7) is 1.24. The maximum absolute atomic E-state index is 12.2. The number of methoxy groups -OCH3 is 1. The first-order valence-corrected chi connectivity index (χ1v) is 9.17. The minimum Gasteiger partial charge on any atom is -0.394 e. The number of nitrogens with two attached hydrogens (primary N) is 1. The molecule has 4 atom stereocenters. The number of rotatable bonds is 8. The number of aliphatic hydroxyl groups is 1. The number of nitrogens with zero attached hydrogens (tertiary/aromatic N) is 2. The Bertz CT molecular complexity index is 721. The third-order valence-corrected chi connectivity index (χ3v) is 4.29. The zero-order valence-corrected chi connectivity index (χ0v) is 15.1. The Morgan fingerprint density at radius 1 is 1.38 bits per heavy atom. The number of aliphatic hydroxyl groups excluding tert-OH is 1. The fourth-order valence-electron chi connectivity index (χ4n) is 2.57. The van der Waals surface area contributed by atoms with Gasteiger partial charge < -0.3 is 34.8 Å². The van der Waals surface area contributed by atoms with Gasteiger partial charge in [-0.25, -0.2) is 9.36 Å². The molecule has 0 amide bonds. The molecule has 13 heteroatoms. The van der Waals surface area contributed by atoms with Crippen molar-refractivity contribution < 1.29 is 38.2 Å². The monoisotopic (exact) mass is 395 g/mol. The van der Waals surface area contributed by atoms with Crippen molar-refractivity contribution in [3.63, 3.8) is 0 Å². The molecule has 0 aliphatic carbocycles. The molecule has 148 valence electrons. The van der Waals surface area contributed by atoms with E-state index in [1.807, 2.05) is 0 Å². The van der Waals surface area contributed by atoms with Crippen molar-refractivity contribution in [2.75, 3.05) is 32.7 Å². The van der Waals surface area contributed by atoms with Crippen LogP contribution in [0.25, 0.3) is 0 Å². The lowest BCUT2D eigenvalue weighted by Gasteiger charge is -2.25. The minimum absolute atomic E-state index is 0.0380. The number of hydrogen-bond acceptors (Lipinski definition) is 9. The van der Waals surface area contributed by atoms with E-state index in [2.05, 4.69) is 4.98 Å². The van der Waals surface area contributed by atoms with E-state index in [9.17, 15) is 14.5 Å². The first kappa shape index (κ1) is 20.9. The molecule has 1 fully saturated rings. The standard InChI is InChI=1S/C13H22N3O9P/c1-7-5-16(13(18)15-11(7)14)12-10(23-4-3-22-2)9(8(6-17)24-12)25-26(19,20)21/h5,8-10,12,17H,3-4,6H2,1-2H3,(H2,14,15,18)(H2,19,20,21)/t8-,9-,10-,12-/m1/s1. The Morgan fingerprint density at radius 3 is 2.65 bits per heavy atom. The topological polar surface area (TPSA) is 176 Å². The number of hydrogen-bond donors (Lipinski definition) is 4. The zero-order chi connectivity index (χ0) is 19.5. The van der Waals surface area contributed by atoms with Crippen LogP contribution in [-0.4, -0.2) is 69.7 Å². The smallest absolute Gasteiger partial charge is 0.394 e. The normalized spacial score (nSPS) is 26.3. The van der Waals surface area contributed by atoms with E-state index in [0.717, 1.165) is 4.57 Å². The Labute approximate surface area is 148 Å². The number of nitrogen functional groups attached to an aromatic ring is 1. The highest BCUT2D eigenvalue weighted by molar-refractivity contribution is 7.46. The lowest BCUT2D eigenvalue weighted by atomic mass is 10.1. The molecule has 2 heterocycles. The van der Waals surface area contributed by atoms with Crippen molar-refractivity contribution in [1.82, 2.24) is 9.55 Å². The SMILES string of the molecule is COCCO[C@@H]1[C@H](OP(=O)(O)O)[C@@H](CO)O[C@H]1n1cc(C)c(N)nc1=O. The molecule has 1 saturated heterocycles. The molecule has 0 saturated carbocycles. The van der Waals surface area contributed by atoms with Gasteiger partial charge in [0, 0.05) is 18.9 Å². The fourth-order valence-corrected chi connectivity index (χ4v) is 3.14. The molecular weight excluding hydrogens is 373 g/mol. The summed E-state index contributed by atoms with van der Waals surface area (Å²) in [7, 11) is -3.47. The Morgan fingerprint density at radius 2 is 2.08 bits per heavy atom. The summed E-state index contributed by atoms with van der Waals surface area (Å²) >= 11 is 0. The van der Waals surface area contributed by atoms with Gasteiger partial charge in [-0.3, -0.25) is 9.09 Å². The second kappa shape index (κ2) is 8.55. The van der Waals surface area contributed by atoms with Gasteiger partial charge in [0.2, 0.25) is 0 Å². The highest BCUT2D eigenvalue weighted by atomic mass is 31.2. The lowest BCUT2D eigenvalue weighted by molar-refractivity contribution is -0.0815. The second-order valence-corrected chi connectivity index (χ2v) is 6.83. The van der Waals surface area contributed by atoms with Crippen molar-refractivity contribution in [3.8, 4) is 0 Å². The quantitative estimate of drug-likeness (QED) is 0.299. The molecular formula is C13H22N3O9P. The van der Waals surface area contributed by atoms with Crippen LogP contribution < -0.4 is 11.4 Å². The molecule has 0 spiro atoms. The van der Waals surface area contributed by atoms with E-state index in [1.54, 1.807) is 6.92 Å². The largest absolute Gasteiger partial charge is 0.470 e. The average molecular weight is 395 g/mol. The van der Waals surface area contributed by atoms with Crippen LogP contribution in [0.4, 0.5) is 5.82 Å². The second-order valence-electron chi connectivity index (χ2n) is 5.64. The molecule has 26 heavy (non-hydrogen) atoms. The van der Waals surface area contributed by atoms with Crippen LogP contribution >= 0.6 is 7.82 Å². The van der Waals surface area contributed by atoms with Gasteiger partial charge in [-0.05, 0) is 6.92 Å². The first-order chi connectivity index (χ1) is 12.2. The van der Waals surface area contributed by atoms with Crippen molar-refractivity contribution in [1.29, 1.82) is 0 Å². The van der Waals surface area contributed by atoms with Crippen LogP contribution in [-0.2, 0) is 23.3 Å². The van der Waals surface area contributed by atoms with Crippen LogP contribution in [0.1, 0.15) is 11.8 Å². The van der Waals surface area contributed by atoms with Crippen LogP contribution in [0.3, 0.4) is 0 Å². The maximum Gasteiger partial charge on any atom is 0.470 e. The number of anilines is 1. The van der Waals surface area contributed by atoms with Gasteiger partial charge in [-0.15, -0.1) is 0 Å². The first-order valence-electron chi connectivity index (χ1n) is 7.64.